The third-order valence-corrected chi connectivity index (χ3v) is 7.50. The van der Waals surface area contributed by atoms with E-state index in [2.05, 4.69) is 0 Å². The Morgan fingerprint density at radius 2 is 1.67 bits per heavy atom. The number of halogens is 2. The predicted octanol–water partition coefficient (Wildman–Crippen LogP) is 7.31. The van der Waals surface area contributed by atoms with Crippen LogP contribution in [-0.4, -0.2) is 17.5 Å². The molecule has 182 valence electrons. The number of aliphatic imine (C=N–C) groups is 1. The van der Waals surface area contributed by atoms with Gasteiger partial charge in [0.05, 0.1) is 0 Å². The zero-order valence-corrected chi connectivity index (χ0v) is 21.3. The highest BCUT2D eigenvalue weighted by atomic mass is 35.5. The average molecular weight is 518 g/mol. The van der Waals surface area contributed by atoms with Crippen molar-refractivity contribution in [2.24, 2.45) is 10.9 Å². The molecule has 1 heterocycles. The van der Waals surface area contributed by atoms with Crippen LogP contribution in [0.1, 0.15) is 48.3 Å². The van der Waals surface area contributed by atoms with E-state index in [9.17, 15) is 9.59 Å². The van der Waals surface area contributed by atoms with Crippen LogP contribution in [-0.2, 0) is 20.9 Å². The van der Waals surface area contributed by atoms with E-state index in [1.54, 1.807) is 18.2 Å². The molecule has 0 saturated heterocycles. The van der Waals surface area contributed by atoms with Gasteiger partial charge in [-0.3, -0.25) is 14.6 Å². The summed E-state index contributed by atoms with van der Waals surface area (Å²) in [5.41, 5.74) is 4.56. The van der Waals surface area contributed by atoms with Crippen LogP contribution in [0.15, 0.2) is 95.1 Å². The normalized spacial score (nSPS) is 21.6. The molecule has 1 aliphatic carbocycles. The van der Waals surface area contributed by atoms with E-state index < -0.39 is 17.8 Å². The lowest BCUT2D eigenvalue weighted by Gasteiger charge is -2.36. The van der Waals surface area contributed by atoms with Crippen LogP contribution in [0, 0.1) is 5.92 Å². The lowest BCUT2D eigenvalue weighted by atomic mass is 9.69. The first-order valence-corrected chi connectivity index (χ1v) is 12.7. The van der Waals surface area contributed by atoms with Crippen LogP contribution < -0.4 is 0 Å². The molecule has 5 rings (SSSR count). The summed E-state index contributed by atoms with van der Waals surface area (Å²) in [6.07, 6.45) is 0.973. The molecule has 0 fully saturated rings. The second-order valence-corrected chi connectivity index (χ2v) is 10.1. The monoisotopic (exact) mass is 517 g/mol. The van der Waals surface area contributed by atoms with Crippen molar-refractivity contribution in [3.63, 3.8) is 0 Å². The molecular weight excluding hydrogens is 493 g/mol. The smallest absolute Gasteiger partial charge is 0.315 e. The molecule has 1 unspecified atom stereocenters. The molecule has 36 heavy (non-hydrogen) atoms. The highest BCUT2D eigenvalue weighted by Gasteiger charge is 2.45. The van der Waals surface area contributed by atoms with Gasteiger partial charge >= 0.3 is 5.97 Å². The number of hydrogen-bond acceptors (Lipinski definition) is 4. The van der Waals surface area contributed by atoms with Gasteiger partial charge in [0.15, 0.2) is 5.78 Å². The number of rotatable bonds is 5. The number of ether oxygens (including phenoxy) is 1. The summed E-state index contributed by atoms with van der Waals surface area (Å²) in [5, 5.41) is 0.898. The van der Waals surface area contributed by atoms with Crippen LogP contribution in [0.2, 0.25) is 10.0 Å². The quantitative estimate of drug-likeness (QED) is 0.333. The van der Waals surface area contributed by atoms with Gasteiger partial charge in [0.25, 0.3) is 0 Å². The first kappa shape index (κ1) is 24.5. The minimum Gasteiger partial charge on any atom is -0.460 e. The van der Waals surface area contributed by atoms with E-state index >= 15 is 0 Å². The molecule has 0 saturated carbocycles. The number of benzene rings is 3. The highest BCUT2D eigenvalue weighted by molar-refractivity contribution is 6.35. The third kappa shape index (κ3) is 4.88. The molecule has 0 bridgehead atoms. The predicted molar refractivity (Wildman–Crippen MR) is 142 cm³/mol. The fourth-order valence-corrected chi connectivity index (χ4v) is 5.76. The molecule has 0 amide bonds. The fourth-order valence-electron chi connectivity index (χ4n) is 5.23. The summed E-state index contributed by atoms with van der Waals surface area (Å²) in [6.45, 7) is 1.96. The van der Waals surface area contributed by atoms with Crippen molar-refractivity contribution in [3.05, 3.63) is 117 Å². The lowest BCUT2D eigenvalue weighted by molar-refractivity contribution is -0.148. The van der Waals surface area contributed by atoms with Gasteiger partial charge in [0, 0.05) is 39.4 Å². The Labute approximate surface area is 220 Å². The van der Waals surface area contributed by atoms with Gasteiger partial charge < -0.3 is 4.74 Å². The van der Waals surface area contributed by atoms with Crippen molar-refractivity contribution in [2.75, 3.05) is 0 Å². The van der Waals surface area contributed by atoms with Gasteiger partial charge in [-0.25, -0.2) is 0 Å². The number of allylic oxidation sites excluding steroid dienone is 2. The van der Waals surface area contributed by atoms with E-state index in [0.29, 0.717) is 39.7 Å². The molecule has 3 atom stereocenters. The molecule has 0 N–H and O–H groups in total. The maximum Gasteiger partial charge on any atom is 0.315 e. The Bertz CT molecular complexity index is 1370. The molecular formula is C30H25Cl2NO3. The Balaban J connectivity index is 1.54. The van der Waals surface area contributed by atoms with Crippen molar-refractivity contribution in [1.82, 2.24) is 0 Å². The minimum atomic E-state index is -0.761. The molecule has 3 aromatic carbocycles. The maximum absolute atomic E-state index is 13.7. The number of esters is 1. The molecule has 0 spiro atoms. The second kappa shape index (κ2) is 10.4. The summed E-state index contributed by atoms with van der Waals surface area (Å²) in [4.78, 5) is 32.0. The van der Waals surface area contributed by atoms with Gasteiger partial charge in [-0.1, -0.05) is 89.9 Å². The maximum atomic E-state index is 13.7. The molecule has 6 heteroatoms. The Hall–Kier alpha value is -3.21. The lowest BCUT2D eigenvalue weighted by Crippen LogP contribution is -2.38. The number of ketones is 1. The van der Waals surface area contributed by atoms with E-state index in [0.717, 1.165) is 16.8 Å². The summed E-state index contributed by atoms with van der Waals surface area (Å²) >= 11 is 12.8. The number of nitrogens with zero attached hydrogens (tertiary/aromatic N) is 1. The van der Waals surface area contributed by atoms with Crippen LogP contribution in [0.4, 0.5) is 0 Å². The molecule has 3 aromatic rings. The van der Waals surface area contributed by atoms with Gasteiger partial charge in [-0.05, 0) is 48.1 Å². The van der Waals surface area contributed by atoms with Crippen LogP contribution >= 0.6 is 23.2 Å². The van der Waals surface area contributed by atoms with Gasteiger partial charge in [-0.15, -0.1) is 0 Å². The minimum absolute atomic E-state index is 0.0155. The summed E-state index contributed by atoms with van der Waals surface area (Å²) in [6, 6.07) is 24.7. The van der Waals surface area contributed by atoms with Gasteiger partial charge in [0.2, 0.25) is 0 Å². The second-order valence-electron chi connectivity index (χ2n) is 9.27. The number of Topliss-reactive ketones (excluding diaryl/α,β-unsaturated/α-hetero) is 1. The van der Waals surface area contributed by atoms with Crippen molar-refractivity contribution in [2.45, 2.75) is 38.2 Å². The van der Waals surface area contributed by atoms with Crippen LogP contribution in [0.25, 0.3) is 0 Å². The molecule has 0 aromatic heterocycles. The average Bonchev–Trinajstić information content (AvgIpc) is 2.87. The van der Waals surface area contributed by atoms with Crippen molar-refractivity contribution < 1.29 is 14.3 Å². The van der Waals surface area contributed by atoms with Gasteiger partial charge in [-0.2, -0.15) is 0 Å². The molecule has 0 radical (unpaired) electrons. The number of carbonyl (C=O) groups is 2. The zero-order valence-electron chi connectivity index (χ0n) is 19.8. The van der Waals surface area contributed by atoms with Crippen molar-refractivity contribution in [1.29, 1.82) is 0 Å². The molecule has 4 nitrogen and oxygen atoms in total. The SMILES string of the molecule is CC1=NC2=C(C(=O)C[C@@H](c3ccccc3)C2)[C@@H](c2ccc(Cl)cc2Cl)C1C(=O)OCc1ccccc1. The van der Waals surface area contributed by atoms with Crippen LogP contribution in [0.3, 0.4) is 0 Å². The van der Waals surface area contributed by atoms with E-state index in [-0.39, 0.29) is 18.3 Å². The van der Waals surface area contributed by atoms with Crippen LogP contribution in [0.5, 0.6) is 0 Å². The topological polar surface area (TPSA) is 55.7 Å². The van der Waals surface area contributed by atoms with E-state index in [1.165, 1.54) is 0 Å². The Morgan fingerprint density at radius 1 is 0.972 bits per heavy atom. The summed E-state index contributed by atoms with van der Waals surface area (Å²) in [5.74, 6) is -1.76. The first-order chi connectivity index (χ1) is 17.4. The standard InChI is InChI=1S/C30H25Cl2NO3/c1-18-27(30(35)36-17-19-8-4-2-5-9-19)28(23-13-12-22(31)16-24(23)32)29-25(33-18)14-21(15-26(29)34)20-10-6-3-7-11-20/h2-13,16,21,27-28H,14-15,17H2,1H3/t21-,27?,28-/m0/s1. The van der Waals surface area contributed by atoms with Crippen molar-refractivity contribution >= 4 is 40.7 Å². The first-order valence-electron chi connectivity index (χ1n) is 11.9. The highest BCUT2D eigenvalue weighted by Crippen LogP contribution is 2.48. The summed E-state index contributed by atoms with van der Waals surface area (Å²) < 4.78 is 5.74. The van der Waals surface area contributed by atoms with E-state index in [4.69, 9.17) is 32.9 Å². The molecule has 1 aliphatic heterocycles. The Kier molecular flexibility index (Phi) is 7.08. The Morgan fingerprint density at radius 3 is 2.36 bits per heavy atom. The number of carbonyl (C=O) groups excluding carboxylic acids is 2. The zero-order chi connectivity index (χ0) is 25.2. The van der Waals surface area contributed by atoms with Crippen molar-refractivity contribution in [3.8, 4) is 0 Å². The van der Waals surface area contributed by atoms with E-state index in [1.807, 2.05) is 67.6 Å². The number of hydrogen-bond donors (Lipinski definition) is 0. The largest absolute Gasteiger partial charge is 0.460 e. The third-order valence-electron chi connectivity index (χ3n) is 6.93. The fraction of sp³-hybridized carbons (Fsp3) is 0.233. The van der Waals surface area contributed by atoms with Gasteiger partial charge in [0.1, 0.15) is 12.5 Å². The molecule has 2 aliphatic rings. The summed E-state index contributed by atoms with van der Waals surface area (Å²) in [7, 11) is 0.